The lowest BCUT2D eigenvalue weighted by atomic mass is 10.0. The molecule has 0 bridgehead atoms. The molecule has 2 aromatic rings. The molecule has 0 fully saturated rings. The quantitative estimate of drug-likeness (QED) is 0.665. The Morgan fingerprint density at radius 2 is 2.12 bits per heavy atom. The second kappa shape index (κ2) is 6.02. The van der Waals surface area contributed by atoms with E-state index in [2.05, 4.69) is 50.7 Å². The summed E-state index contributed by atoms with van der Waals surface area (Å²) in [6, 6.07) is 10.2. The highest BCUT2D eigenvalue weighted by molar-refractivity contribution is 14.1. The van der Waals surface area contributed by atoms with E-state index in [0.29, 0.717) is 0 Å². The zero-order chi connectivity index (χ0) is 12.4. The molecule has 90 valence electrons. The van der Waals surface area contributed by atoms with Crippen LogP contribution in [0.5, 0.6) is 0 Å². The van der Waals surface area contributed by atoms with Gasteiger partial charge in [0, 0.05) is 25.4 Å². The van der Waals surface area contributed by atoms with E-state index in [1.165, 1.54) is 8.45 Å². The van der Waals surface area contributed by atoms with Crippen molar-refractivity contribution in [1.82, 2.24) is 0 Å². The Hall–Kier alpha value is 0.380. The Bertz CT molecular complexity index is 529. The number of thiophene rings is 1. The molecule has 1 nitrogen and oxygen atoms in total. The van der Waals surface area contributed by atoms with Gasteiger partial charge in [0.05, 0.1) is 4.34 Å². The summed E-state index contributed by atoms with van der Waals surface area (Å²) in [5.41, 5.74) is 7.38. The van der Waals surface area contributed by atoms with Gasteiger partial charge >= 0.3 is 0 Å². The maximum atomic E-state index is 6.24. The van der Waals surface area contributed by atoms with E-state index in [0.717, 1.165) is 20.8 Å². The van der Waals surface area contributed by atoms with Crippen molar-refractivity contribution in [1.29, 1.82) is 0 Å². The summed E-state index contributed by atoms with van der Waals surface area (Å²) >= 11 is 13.3. The third-order valence-electron chi connectivity index (χ3n) is 2.41. The standard InChI is InChI=1S/C12H10BrClINS/c13-10-3-1-7(15)5-9(10)11(16)6-8-2-4-12(14)17-8/h1-5,11H,6,16H2. The highest BCUT2D eigenvalue weighted by Crippen LogP contribution is 2.29. The topological polar surface area (TPSA) is 26.0 Å². The molecule has 0 radical (unpaired) electrons. The average molecular weight is 443 g/mol. The second-order valence-electron chi connectivity index (χ2n) is 3.68. The highest BCUT2D eigenvalue weighted by Gasteiger charge is 2.12. The molecule has 0 saturated carbocycles. The van der Waals surface area contributed by atoms with Crippen molar-refractivity contribution >= 4 is 61.5 Å². The lowest BCUT2D eigenvalue weighted by molar-refractivity contribution is 0.726. The number of rotatable bonds is 3. The molecular formula is C12H10BrClINS. The third-order valence-corrected chi connectivity index (χ3v) is 5.05. The van der Waals surface area contributed by atoms with Gasteiger partial charge in [0.15, 0.2) is 0 Å². The summed E-state index contributed by atoms with van der Waals surface area (Å²) < 4.78 is 3.07. The normalized spacial score (nSPS) is 12.7. The fourth-order valence-electron chi connectivity index (χ4n) is 1.59. The number of hydrogen-bond donors (Lipinski definition) is 1. The summed E-state index contributed by atoms with van der Waals surface area (Å²) in [6.45, 7) is 0. The van der Waals surface area contributed by atoms with Crippen molar-refractivity contribution in [3.05, 3.63) is 53.2 Å². The van der Waals surface area contributed by atoms with Crippen LogP contribution in [-0.2, 0) is 6.42 Å². The molecule has 0 aliphatic rings. The molecule has 1 aromatic carbocycles. The molecule has 17 heavy (non-hydrogen) atoms. The third kappa shape index (κ3) is 3.67. The van der Waals surface area contributed by atoms with Crippen LogP contribution in [0.2, 0.25) is 4.34 Å². The van der Waals surface area contributed by atoms with E-state index >= 15 is 0 Å². The van der Waals surface area contributed by atoms with Gasteiger partial charge in [-0.25, -0.2) is 0 Å². The smallest absolute Gasteiger partial charge is 0.0931 e. The molecule has 5 heteroatoms. The Kier molecular flexibility index (Phi) is 4.88. The highest BCUT2D eigenvalue weighted by atomic mass is 127. The van der Waals surface area contributed by atoms with E-state index in [1.54, 1.807) is 11.3 Å². The van der Waals surface area contributed by atoms with Gasteiger partial charge in [0.2, 0.25) is 0 Å². The summed E-state index contributed by atoms with van der Waals surface area (Å²) in [6.07, 6.45) is 0.816. The van der Waals surface area contributed by atoms with Gasteiger partial charge in [-0.15, -0.1) is 11.3 Å². The lowest BCUT2D eigenvalue weighted by Crippen LogP contribution is -2.13. The van der Waals surface area contributed by atoms with E-state index in [4.69, 9.17) is 17.3 Å². The predicted molar refractivity (Wildman–Crippen MR) is 86.8 cm³/mol. The largest absolute Gasteiger partial charge is 0.324 e. The van der Waals surface area contributed by atoms with Crippen LogP contribution in [0.25, 0.3) is 0 Å². The van der Waals surface area contributed by atoms with Gasteiger partial charge in [-0.2, -0.15) is 0 Å². The second-order valence-corrected chi connectivity index (χ2v) is 7.58. The Labute approximate surface area is 132 Å². The number of halogens is 3. The molecule has 0 aliphatic carbocycles. The molecular weight excluding hydrogens is 432 g/mol. The summed E-state index contributed by atoms with van der Waals surface area (Å²) in [5.74, 6) is 0. The predicted octanol–water partition coefficient (Wildman–Crippen LogP) is 5.01. The van der Waals surface area contributed by atoms with E-state index in [9.17, 15) is 0 Å². The number of nitrogens with two attached hydrogens (primary N) is 1. The zero-order valence-corrected chi connectivity index (χ0v) is 14.1. The summed E-state index contributed by atoms with van der Waals surface area (Å²) in [4.78, 5) is 1.22. The van der Waals surface area contributed by atoms with Gasteiger partial charge in [-0.3, -0.25) is 0 Å². The van der Waals surface area contributed by atoms with Crippen LogP contribution in [-0.4, -0.2) is 0 Å². The maximum Gasteiger partial charge on any atom is 0.0931 e. The molecule has 1 atom stereocenters. The van der Waals surface area contributed by atoms with Crippen LogP contribution >= 0.6 is 61.5 Å². The molecule has 1 aromatic heterocycles. The number of benzene rings is 1. The van der Waals surface area contributed by atoms with Gasteiger partial charge < -0.3 is 5.73 Å². The van der Waals surface area contributed by atoms with Crippen molar-refractivity contribution in [2.75, 3.05) is 0 Å². The van der Waals surface area contributed by atoms with Crippen LogP contribution < -0.4 is 5.73 Å². The van der Waals surface area contributed by atoms with E-state index < -0.39 is 0 Å². The number of hydrogen-bond acceptors (Lipinski definition) is 2. The molecule has 0 amide bonds. The van der Waals surface area contributed by atoms with Gasteiger partial charge in [-0.1, -0.05) is 27.5 Å². The molecule has 2 N–H and O–H groups in total. The molecule has 0 spiro atoms. The first kappa shape index (κ1) is 13.8. The van der Waals surface area contributed by atoms with Crippen LogP contribution in [0.15, 0.2) is 34.8 Å². The Morgan fingerprint density at radius 1 is 1.35 bits per heavy atom. The monoisotopic (exact) mass is 441 g/mol. The molecule has 0 saturated heterocycles. The fourth-order valence-corrected chi connectivity index (χ4v) is 3.79. The van der Waals surface area contributed by atoms with Crippen molar-refractivity contribution in [2.45, 2.75) is 12.5 Å². The minimum atomic E-state index is -0.00573. The van der Waals surface area contributed by atoms with Crippen molar-refractivity contribution < 1.29 is 0 Å². The van der Waals surface area contributed by atoms with Crippen LogP contribution in [0.1, 0.15) is 16.5 Å². The van der Waals surface area contributed by atoms with Gasteiger partial charge in [0.25, 0.3) is 0 Å². The van der Waals surface area contributed by atoms with Crippen LogP contribution in [0.3, 0.4) is 0 Å². The molecule has 1 unspecified atom stereocenters. The van der Waals surface area contributed by atoms with Crippen molar-refractivity contribution in [2.24, 2.45) is 5.73 Å². The summed E-state index contributed by atoms with van der Waals surface area (Å²) in [5, 5.41) is 0. The van der Waals surface area contributed by atoms with Gasteiger partial charge in [-0.05, 0) is 58.5 Å². The first-order chi connectivity index (χ1) is 8.06. The Morgan fingerprint density at radius 3 is 2.76 bits per heavy atom. The zero-order valence-electron chi connectivity index (χ0n) is 8.79. The molecule has 0 aliphatic heterocycles. The van der Waals surface area contributed by atoms with Crippen molar-refractivity contribution in [3.8, 4) is 0 Å². The first-order valence-corrected chi connectivity index (χ1v) is 8.07. The van der Waals surface area contributed by atoms with Gasteiger partial charge in [0.1, 0.15) is 0 Å². The Balaban J connectivity index is 2.19. The molecule has 1 heterocycles. The fraction of sp³-hybridized carbons (Fsp3) is 0.167. The minimum absolute atomic E-state index is 0.00573. The average Bonchev–Trinajstić information content (AvgIpc) is 2.67. The minimum Gasteiger partial charge on any atom is -0.324 e. The summed E-state index contributed by atoms with van der Waals surface area (Å²) in [7, 11) is 0. The first-order valence-electron chi connectivity index (χ1n) is 5.01. The molecule has 2 rings (SSSR count). The maximum absolute atomic E-state index is 6.24. The lowest BCUT2D eigenvalue weighted by Gasteiger charge is -2.13. The van der Waals surface area contributed by atoms with E-state index in [-0.39, 0.29) is 6.04 Å². The van der Waals surface area contributed by atoms with Crippen molar-refractivity contribution in [3.63, 3.8) is 0 Å². The van der Waals surface area contributed by atoms with E-state index in [1.807, 2.05) is 18.2 Å². The van der Waals surface area contributed by atoms with Crippen LogP contribution in [0, 0.1) is 3.57 Å². The van der Waals surface area contributed by atoms with Crippen LogP contribution in [0.4, 0.5) is 0 Å². The SMILES string of the molecule is NC(Cc1ccc(Cl)s1)c1cc(I)ccc1Br.